The summed E-state index contributed by atoms with van der Waals surface area (Å²) < 4.78 is 9.50. The topological polar surface area (TPSA) is 89.8 Å². The zero-order valence-electron chi connectivity index (χ0n) is 12.9. The lowest BCUT2D eigenvalue weighted by molar-refractivity contribution is 0.104. The number of fused-ring (bicyclic) bond motifs is 1. The van der Waals surface area contributed by atoms with Crippen molar-refractivity contribution in [3.05, 3.63) is 65.5 Å². The second-order valence-electron chi connectivity index (χ2n) is 5.50. The van der Waals surface area contributed by atoms with E-state index in [2.05, 4.69) is 16.0 Å². The van der Waals surface area contributed by atoms with E-state index >= 15 is 0 Å². The Balaban J connectivity index is 2.00. The Morgan fingerprint density at radius 3 is 2.96 bits per heavy atom. The predicted molar refractivity (Wildman–Crippen MR) is 93.7 cm³/mol. The molecule has 2 N–H and O–H groups in total. The molecule has 0 radical (unpaired) electrons. The highest BCUT2D eigenvalue weighted by Crippen LogP contribution is 2.34. The molecule has 0 fully saturated rings. The minimum atomic E-state index is -0.396. The fourth-order valence-electron chi connectivity index (χ4n) is 2.66. The third-order valence-electron chi connectivity index (χ3n) is 3.94. The van der Waals surface area contributed by atoms with Crippen LogP contribution in [0.4, 0.5) is 0 Å². The number of hydrogen-bond donors (Lipinski definition) is 2. The van der Waals surface area contributed by atoms with Gasteiger partial charge in [-0.15, -0.1) is 0 Å². The smallest absolute Gasteiger partial charge is 0.195 e. The van der Waals surface area contributed by atoms with Crippen LogP contribution in [0, 0.1) is 17.2 Å². The van der Waals surface area contributed by atoms with Gasteiger partial charge in [-0.05, 0) is 42.7 Å². The van der Waals surface area contributed by atoms with Crippen molar-refractivity contribution in [1.29, 1.82) is 5.26 Å². The molecule has 6 heteroatoms. The molecular weight excluding hydrogens is 322 g/mol. The number of carbonyl (C=O) groups is 1. The predicted octanol–water partition coefficient (Wildman–Crippen LogP) is 4.20. The largest absolute Gasteiger partial charge is 0.345 e. The highest BCUT2D eigenvalue weighted by molar-refractivity contribution is 7.94. The Morgan fingerprint density at radius 2 is 2.21 bits per heavy atom. The number of nitrogens with zero attached hydrogens (tertiary/aromatic N) is 2. The van der Waals surface area contributed by atoms with Crippen LogP contribution >= 0.6 is 12.0 Å². The number of nitriles is 1. The van der Waals surface area contributed by atoms with E-state index in [0.717, 1.165) is 10.9 Å². The van der Waals surface area contributed by atoms with Gasteiger partial charge in [0.25, 0.3) is 0 Å². The minimum Gasteiger partial charge on any atom is -0.345 e. The first-order valence-corrected chi connectivity index (χ1v) is 8.26. The molecule has 0 spiro atoms. The molecule has 2 aromatic heterocycles. The van der Waals surface area contributed by atoms with Gasteiger partial charge in [-0.2, -0.15) is 5.26 Å². The third kappa shape index (κ3) is 2.92. The summed E-state index contributed by atoms with van der Waals surface area (Å²) >= 11 is 0.626. The SMILES string of the molecule is CC(C#N)C(SO)c1cccc(C(=O)c2c[nH]c3ncccc23)c1. The average Bonchev–Trinajstić information content (AvgIpc) is 3.06. The number of H-pyrrole nitrogens is 1. The van der Waals surface area contributed by atoms with Crippen LogP contribution in [-0.2, 0) is 0 Å². The first-order valence-electron chi connectivity index (χ1n) is 7.42. The zero-order valence-corrected chi connectivity index (χ0v) is 13.7. The van der Waals surface area contributed by atoms with Crippen molar-refractivity contribution in [2.45, 2.75) is 12.2 Å². The Morgan fingerprint density at radius 1 is 1.38 bits per heavy atom. The fraction of sp³-hybridized carbons (Fsp3) is 0.167. The van der Waals surface area contributed by atoms with E-state index in [-0.39, 0.29) is 11.7 Å². The van der Waals surface area contributed by atoms with Crippen LogP contribution in [0.5, 0.6) is 0 Å². The van der Waals surface area contributed by atoms with Gasteiger partial charge in [-0.3, -0.25) is 4.79 Å². The van der Waals surface area contributed by atoms with Crippen molar-refractivity contribution < 1.29 is 9.35 Å². The highest BCUT2D eigenvalue weighted by atomic mass is 32.2. The molecule has 0 amide bonds. The Bertz CT molecular complexity index is 929. The number of nitrogens with one attached hydrogen (secondary N) is 1. The van der Waals surface area contributed by atoms with Crippen LogP contribution in [-0.4, -0.2) is 20.3 Å². The molecule has 3 rings (SSSR count). The van der Waals surface area contributed by atoms with Crippen LogP contribution in [0.15, 0.2) is 48.8 Å². The number of hydrogen-bond acceptors (Lipinski definition) is 5. The molecule has 2 unspecified atom stereocenters. The van der Waals surface area contributed by atoms with E-state index in [9.17, 15) is 9.35 Å². The molecule has 120 valence electrons. The van der Waals surface area contributed by atoms with Crippen LogP contribution in [0.2, 0.25) is 0 Å². The molecule has 0 saturated heterocycles. The lowest BCUT2D eigenvalue weighted by Gasteiger charge is -2.16. The average molecular weight is 337 g/mol. The van der Waals surface area contributed by atoms with Gasteiger partial charge in [-0.25, -0.2) is 4.98 Å². The molecule has 2 heterocycles. The maximum absolute atomic E-state index is 12.8. The zero-order chi connectivity index (χ0) is 17.1. The number of rotatable bonds is 5. The summed E-state index contributed by atoms with van der Waals surface area (Å²) in [6.45, 7) is 1.74. The number of benzene rings is 1. The Hall–Kier alpha value is -2.62. The van der Waals surface area contributed by atoms with Crippen LogP contribution in [0.1, 0.15) is 33.7 Å². The maximum atomic E-state index is 12.8. The quantitative estimate of drug-likeness (QED) is 0.538. The second kappa shape index (κ2) is 6.87. The molecule has 24 heavy (non-hydrogen) atoms. The van der Waals surface area contributed by atoms with Crippen molar-refractivity contribution in [3.8, 4) is 6.07 Å². The van der Waals surface area contributed by atoms with Gasteiger partial charge in [0.15, 0.2) is 5.78 Å². The van der Waals surface area contributed by atoms with Gasteiger partial charge in [0, 0.05) is 28.9 Å². The lowest BCUT2D eigenvalue weighted by atomic mass is 9.96. The van der Waals surface area contributed by atoms with Gasteiger partial charge >= 0.3 is 0 Å². The van der Waals surface area contributed by atoms with Gasteiger partial charge in [0.1, 0.15) is 5.65 Å². The number of aromatic amines is 1. The third-order valence-corrected chi connectivity index (χ3v) is 4.85. The van der Waals surface area contributed by atoms with Crippen molar-refractivity contribution >= 4 is 28.9 Å². The van der Waals surface area contributed by atoms with Gasteiger partial charge < -0.3 is 9.54 Å². The lowest BCUT2D eigenvalue weighted by Crippen LogP contribution is -2.07. The van der Waals surface area contributed by atoms with Gasteiger partial charge in [0.2, 0.25) is 0 Å². The maximum Gasteiger partial charge on any atom is 0.195 e. The summed E-state index contributed by atoms with van der Waals surface area (Å²) in [6, 6.07) is 12.8. The molecule has 0 saturated carbocycles. The molecule has 0 aliphatic rings. The molecule has 1 aromatic carbocycles. The summed E-state index contributed by atoms with van der Waals surface area (Å²) in [5.41, 5.74) is 2.48. The van der Waals surface area contributed by atoms with E-state index in [1.54, 1.807) is 43.6 Å². The van der Waals surface area contributed by atoms with Crippen LogP contribution in [0.25, 0.3) is 11.0 Å². The summed E-state index contributed by atoms with van der Waals surface area (Å²) in [7, 11) is 0. The molecule has 3 aromatic rings. The summed E-state index contributed by atoms with van der Waals surface area (Å²) in [5, 5.41) is 9.47. The first kappa shape index (κ1) is 16.2. The Kier molecular flexibility index (Phi) is 4.65. The van der Waals surface area contributed by atoms with Crippen molar-refractivity contribution in [2.75, 3.05) is 0 Å². The van der Waals surface area contributed by atoms with E-state index in [4.69, 9.17) is 5.26 Å². The van der Waals surface area contributed by atoms with Crippen molar-refractivity contribution in [1.82, 2.24) is 9.97 Å². The van der Waals surface area contributed by atoms with Crippen LogP contribution < -0.4 is 0 Å². The number of aromatic nitrogens is 2. The van der Waals surface area contributed by atoms with E-state index in [0.29, 0.717) is 28.8 Å². The molecular formula is C18H15N3O2S. The first-order chi connectivity index (χ1) is 11.7. The Labute approximate surface area is 143 Å². The molecule has 0 bridgehead atoms. The molecule has 2 atom stereocenters. The number of pyridine rings is 1. The van der Waals surface area contributed by atoms with Crippen molar-refractivity contribution in [2.24, 2.45) is 5.92 Å². The monoisotopic (exact) mass is 337 g/mol. The standard InChI is InChI=1S/C18H15N3O2S/c1-11(9-19)17(24-23)13-5-2-4-12(8-13)16(22)15-10-21-18-14(15)6-3-7-20-18/h2-8,10-11,17,23H,1H3,(H,20,21). The molecule has 0 aliphatic heterocycles. The summed E-state index contributed by atoms with van der Waals surface area (Å²) in [5.74, 6) is -0.495. The number of ketones is 1. The molecule has 0 aliphatic carbocycles. The summed E-state index contributed by atoms with van der Waals surface area (Å²) in [6.07, 6.45) is 3.32. The number of carbonyl (C=O) groups excluding carboxylic acids is 1. The highest BCUT2D eigenvalue weighted by Gasteiger charge is 2.21. The van der Waals surface area contributed by atoms with E-state index in [1.165, 1.54) is 0 Å². The minimum absolute atomic E-state index is 0.123. The van der Waals surface area contributed by atoms with E-state index in [1.807, 2.05) is 12.1 Å². The van der Waals surface area contributed by atoms with Gasteiger partial charge in [0.05, 0.1) is 17.2 Å². The van der Waals surface area contributed by atoms with Gasteiger partial charge in [-0.1, -0.05) is 18.2 Å². The summed E-state index contributed by atoms with van der Waals surface area (Å²) in [4.78, 5) is 20.0. The van der Waals surface area contributed by atoms with Crippen LogP contribution in [0.3, 0.4) is 0 Å². The normalized spacial score (nSPS) is 13.4. The second-order valence-corrected chi connectivity index (χ2v) is 6.22. The van der Waals surface area contributed by atoms with Crippen molar-refractivity contribution in [3.63, 3.8) is 0 Å². The molecule has 5 nitrogen and oxygen atoms in total. The van der Waals surface area contributed by atoms with E-state index < -0.39 is 5.25 Å². The fourth-order valence-corrected chi connectivity index (χ4v) is 3.18.